The van der Waals surface area contributed by atoms with Gasteiger partial charge in [-0.15, -0.1) is 13.2 Å². The highest BCUT2D eigenvalue weighted by atomic mass is 16.3. The van der Waals surface area contributed by atoms with Crippen LogP contribution in [0.2, 0.25) is 0 Å². The first-order valence-electron chi connectivity index (χ1n) is 16.6. The Bertz CT molecular complexity index is 2490. The molecule has 0 fully saturated rings. The molecule has 9 rings (SSSR count). The lowest BCUT2D eigenvalue weighted by Gasteiger charge is -2.34. The molecule has 2 unspecified atom stereocenters. The molecule has 0 aromatic heterocycles. The molecule has 230 valence electrons. The molecule has 2 heteroatoms. The lowest BCUT2D eigenvalue weighted by molar-refractivity contribution is 0.0789. The van der Waals surface area contributed by atoms with Crippen molar-refractivity contribution < 1.29 is 10.2 Å². The van der Waals surface area contributed by atoms with Crippen molar-refractivity contribution in [1.29, 1.82) is 0 Å². The van der Waals surface area contributed by atoms with Gasteiger partial charge in [-0.05, 0) is 93.0 Å². The quantitative estimate of drug-likeness (QED) is 0.131. The van der Waals surface area contributed by atoms with Gasteiger partial charge in [-0.1, -0.05) is 140 Å². The van der Waals surface area contributed by atoms with Gasteiger partial charge in [0.15, 0.2) is 0 Å². The third kappa shape index (κ3) is 3.94. The van der Waals surface area contributed by atoms with Crippen molar-refractivity contribution in [3.63, 3.8) is 0 Å². The highest BCUT2D eigenvalue weighted by molar-refractivity contribution is 6.24. The van der Waals surface area contributed by atoms with Crippen molar-refractivity contribution in [2.24, 2.45) is 0 Å². The highest BCUT2D eigenvalue weighted by Gasteiger charge is 2.37. The Labute approximate surface area is 279 Å². The molecule has 0 heterocycles. The second kappa shape index (κ2) is 10.5. The smallest absolute Gasteiger partial charge is 0.119 e. The minimum atomic E-state index is -1.39. The molecule has 0 radical (unpaired) electrons. The summed E-state index contributed by atoms with van der Waals surface area (Å²) in [6, 6.07) is 46.2. The minimum absolute atomic E-state index is 0.305. The standard InChI is InChI=1S/C46H34O2/c1-3-26-45(47,39-24-20-33-16-14-29-8-5-10-31-18-22-37(39)43(33)41(29)31)35-12-7-13-36(28-35)46(48,27-4-2)40-25-21-34-17-15-30-9-6-11-32-19-23-38(40)44(34)42(30)32/h3-25,28,47-48H,1-2,26-27H2. The van der Waals surface area contributed by atoms with Gasteiger partial charge in [0, 0.05) is 12.8 Å². The van der Waals surface area contributed by atoms with E-state index in [1.54, 1.807) is 12.2 Å². The summed E-state index contributed by atoms with van der Waals surface area (Å²) in [5.41, 5.74) is 0.265. The SMILES string of the molecule is C=CCC(O)(c1cccc(C(O)(CC=C)c2ccc3ccc4cccc5ccc2c3c45)c1)c1ccc2ccc3cccc4ccc1c2c34. The zero-order valence-corrected chi connectivity index (χ0v) is 26.6. The van der Waals surface area contributed by atoms with E-state index >= 15 is 0 Å². The summed E-state index contributed by atoms with van der Waals surface area (Å²) >= 11 is 0. The van der Waals surface area contributed by atoms with Crippen LogP contribution in [-0.2, 0) is 11.2 Å². The summed E-state index contributed by atoms with van der Waals surface area (Å²) in [7, 11) is 0. The number of benzene rings is 9. The van der Waals surface area contributed by atoms with E-state index < -0.39 is 11.2 Å². The Morgan fingerprint density at radius 3 is 1.15 bits per heavy atom. The van der Waals surface area contributed by atoms with Crippen LogP contribution in [0.15, 0.2) is 159 Å². The Morgan fingerprint density at radius 1 is 0.417 bits per heavy atom. The van der Waals surface area contributed by atoms with E-state index in [2.05, 4.69) is 122 Å². The molecule has 0 aliphatic carbocycles. The molecule has 9 aromatic carbocycles. The first-order valence-corrected chi connectivity index (χ1v) is 16.6. The number of hydrogen-bond donors (Lipinski definition) is 2. The van der Waals surface area contributed by atoms with Crippen molar-refractivity contribution in [3.8, 4) is 0 Å². The van der Waals surface area contributed by atoms with Crippen molar-refractivity contribution in [3.05, 3.63) is 181 Å². The van der Waals surface area contributed by atoms with Crippen LogP contribution in [0, 0.1) is 0 Å². The van der Waals surface area contributed by atoms with Crippen molar-refractivity contribution in [2.45, 2.75) is 24.0 Å². The molecule has 0 saturated heterocycles. The highest BCUT2D eigenvalue weighted by Crippen LogP contribution is 2.46. The molecular weight excluding hydrogens is 585 g/mol. The maximum atomic E-state index is 12.9. The average molecular weight is 619 g/mol. The van der Waals surface area contributed by atoms with Crippen LogP contribution in [0.3, 0.4) is 0 Å². The van der Waals surface area contributed by atoms with Crippen LogP contribution in [0.5, 0.6) is 0 Å². The van der Waals surface area contributed by atoms with Gasteiger partial charge in [-0.2, -0.15) is 0 Å². The normalized spacial score (nSPS) is 14.7. The van der Waals surface area contributed by atoms with Gasteiger partial charge in [-0.3, -0.25) is 0 Å². The van der Waals surface area contributed by atoms with E-state index in [1.807, 2.05) is 24.3 Å². The van der Waals surface area contributed by atoms with E-state index in [9.17, 15) is 10.2 Å². The molecular formula is C46H34O2. The second-order valence-corrected chi connectivity index (χ2v) is 13.2. The molecule has 2 N–H and O–H groups in total. The Kier molecular flexibility index (Phi) is 6.26. The van der Waals surface area contributed by atoms with Gasteiger partial charge in [0.1, 0.15) is 11.2 Å². The van der Waals surface area contributed by atoms with Crippen molar-refractivity contribution in [2.75, 3.05) is 0 Å². The number of hydrogen-bond acceptors (Lipinski definition) is 2. The fourth-order valence-electron chi connectivity index (χ4n) is 8.41. The first kappa shape index (κ1) is 28.7. The van der Waals surface area contributed by atoms with Gasteiger partial charge in [-0.25, -0.2) is 0 Å². The van der Waals surface area contributed by atoms with Crippen LogP contribution >= 0.6 is 0 Å². The topological polar surface area (TPSA) is 40.5 Å². The summed E-state index contributed by atoms with van der Waals surface area (Å²) in [6.07, 6.45) is 4.17. The minimum Gasteiger partial charge on any atom is -0.380 e. The molecule has 0 spiro atoms. The molecule has 0 bridgehead atoms. The first-order chi connectivity index (χ1) is 23.4. The van der Waals surface area contributed by atoms with Crippen LogP contribution in [0.25, 0.3) is 64.6 Å². The Balaban J connectivity index is 1.26. The lowest BCUT2D eigenvalue weighted by Crippen LogP contribution is -2.30. The Hall–Kier alpha value is -5.54. The molecule has 0 amide bonds. The molecule has 0 saturated carbocycles. The van der Waals surface area contributed by atoms with E-state index in [4.69, 9.17) is 0 Å². The number of aliphatic hydroxyl groups is 2. The summed E-state index contributed by atoms with van der Waals surface area (Å²) in [5.74, 6) is 0. The summed E-state index contributed by atoms with van der Waals surface area (Å²) in [5, 5.41) is 39.5. The summed E-state index contributed by atoms with van der Waals surface area (Å²) in [6.45, 7) is 8.12. The average Bonchev–Trinajstić information content (AvgIpc) is 3.13. The monoisotopic (exact) mass is 618 g/mol. The zero-order valence-electron chi connectivity index (χ0n) is 26.6. The van der Waals surface area contributed by atoms with Crippen LogP contribution in [0.4, 0.5) is 0 Å². The van der Waals surface area contributed by atoms with Gasteiger partial charge in [0.05, 0.1) is 0 Å². The zero-order chi connectivity index (χ0) is 32.6. The molecule has 2 atom stereocenters. The maximum Gasteiger partial charge on any atom is 0.119 e. The molecule has 0 aliphatic heterocycles. The number of rotatable bonds is 8. The largest absolute Gasteiger partial charge is 0.380 e. The predicted molar refractivity (Wildman–Crippen MR) is 202 cm³/mol. The van der Waals surface area contributed by atoms with E-state index in [-0.39, 0.29) is 0 Å². The molecule has 9 aromatic rings. The fourth-order valence-corrected chi connectivity index (χ4v) is 8.41. The lowest BCUT2D eigenvalue weighted by atomic mass is 9.76. The third-order valence-electron chi connectivity index (χ3n) is 10.6. The second-order valence-electron chi connectivity index (χ2n) is 13.2. The van der Waals surface area contributed by atoms with E-state index in [0.29, 0.717) is 24.0 Å². The fraction of sp³-hybridized carbons (Fsp3) is 0.0870. The van der Waals surface area contributed by atoms with Crippen LogP contribution in [-0.4, -0.2) is 10.2 Å². The predicted octanol–water partition coefficient (Wildman–Crippen LogP) is 11.1. The summed E-state index contributed by atoms with van der Waals surface area (Å²) < 4.78 is 0. The van der Waals surface area contributed by atoms with Gasteiger partial charge < -0.3 is 10.2 Å². The van der Waals surface area contributed by atoms with Crippen LogP contribution < -0.4 is 0 Å². The van der Waals surface area contributed by atoms with Gasteiger partial charge in [0.2, 0.25) is 0 Å². The van der Waals surface area contributed by atoms with Gasteiger partial charge >= 0.3 is 0 Å². The maximum absolute atomic E-state index is 12.9. The van der Waals surface area contributed by atoms with Crippen LogP contribution in [0.1, 0.15) is 35.1 Å². The van der Waals surface area contributed by atoms with Gasteiger partial charge in [0.25, 0.3) is 0 Å². The third-order valence-corrected chi connectivity index (χ3v) is 10.6. The molecule has 2 nitrogen and oxygen atoms in total. The molecule has 48 heavy (non-hydrogen) atoms. The Morgan fingerprint density at radius 2 is 0.750 bits per heavy atom. The van der Waals surface area contributed by atoms with E-state index in [1.165, 1.54) is 32.3 Å². The van der Waals surface area contributed by atoms with E-state index in [0.717, 1.165) is 43.4 Å². The van der Waals surface area contributed by atoms with Crippen molar-refractivity contribution in [1.82, 2.24) is 0 Å². The molecule has 0 aliphatic rings. The summed E-state index contributed by atoms with van der Waals surface area (Å²) in [4.78, 5) is 0. The van der Waals surface area contributed by atoms with Crippen molar-refractivity contribution >= 4 is 64.6 Å².